The van der Waals surface area contributed by atoms with Gasteiger partial charge in [0.05, 0.1) is 5.69 Å². The summed E-state index contributed by atoms with van der Waals surface area (Å²) in [7, 11) is 0. The molecule has 0 amide bonds. The zero-order valence-electron chi connectivity index (χ0n) is 14.5. The number of hydrogen-bond acceptors (Lipinski definition) is 5. The van der Waals surface area contributed by atoms with Crippen LogP contribution in [-0.2, 0) is 16.0 Å². The number of amidine groups is 1. The number of carbonyl (C=O) groups excluding carboxylic acids is 1. The number of aliphatic imine (C=N–C) groups is 1. The van der Waals surface area contributed by atoms with Crippen LogP contribution in [0.5, 0.6) is 0 Å². The molecule has 5 heteroatoms. The maximum atomic E-state index is 11.3. The molecular weight excluding hydrogens is 332 g/mol. The van der Waals surface area contributed by atoms with E-state index < -0.39 is 6.10 Å². The fourth-order valence-electron chi connectivity index (χ4n) is 2.93. The van der Waals surface area contributed by atoms with Gasteiger partial charge in [-0.25, -0.2) is 0 Å². The van der Waals surface area contributed by atoms with E-state index in [-0.39, 0.29) is 0 Å². The molecule has 0 aliphatic carbocycles. The van der Waals surface area contributed by atoms with Gasteiger partial charge >= 0.3 is 0 Å². The van der Waals surface area contributed by atoms with E-state index in [1.807, 2.05) is 36.5 Å². The third kappa shape index (κ3) is 4.92. The van der Waals surface area contributed by atoms with Gasteiger partial charge in [-0.15, -0.1) is 11.3 Å². The molecule has 1 aromatic heterocycles. The van der Waals surface area contributed by atoms with Gasteiger partial charge in [-0.1, -0.05) is 30.5 Å². The first-order chi connectivity index (χ1) is 12.3. The monoisotopic (exact) mass is 356 g/mol. The van der Waals surface area contributed by atoms with Crippen LogP contribution in [-0.4, -0.2) is 18.9 Å². The number of rotatable bonds is 8. The predicted octanol–water partition coefficient (Wildman–Crippen LogP) is 4.71. The number of nitrogens with zero attached hydrogens (tertiary/aromatic N) is 1. The summed E-state index contributed by atoms with van der Waals surface area (Å²) in [6.45, 7) is 2.81. The Morgan fingerprint density at radius 1 is 1.24 bits per heavy atom. The highest BCUT2D eigenvalue weighted by molar-refractivity contribution is 7.09. The smallest absolute Gasteiger partial charge is 0.290 e. The van der Waals surface area contributed by atoms with Gasteiger partial charge in [0, 0.05) is 17.0 Å². The Morgan fingerprint density at radius 3 is 2.92 bits per heavy atom. The average Bonchev–Trinajstić information content (AvgIpc) is 3.14. The molecule has 1 N–H and O–H groups in total. The molecular formula is C20H24N2O2S. The number of ether oxygens (including phenoxy) is 1. The van der Waals surface area contributed by atoms with Gasteiger partial charge in [0.25, 0.3) is 6.02 Å². The highest BCUT2D eigenvalue weighted by atomic mass is 32.1. The standard InChI is InChI=1S/C20H24N2O2S/c1-15-9-10-18-17(13-15)19(14-23)24-20(22-18)21-11-5-3-2-4-7-16-8-6-12-25-16/h6,8-10,12-14,19H,2-5,7,11H2,1H3,(H,21,22). The Labute approximate surface area is 152 Å². The van der Waals surface area contributed by atoms with Crippen molar-refractivity contribution in [2.24, 2.45) is 4.99 Å². The predicted molar refractivity (Wildman–Crippen MR) is 103 cm³/mol. The normalized spacial score (nSPS) is 15.9. The first-order valence-electron chi connectivity index (χ1n) is 8.84. The fraction of sp³-hybridized carbons (Fsp3) is 0.400. The number of unbranched alkanes of at least 4 members (excludes halogenated alkanes) is 3. The van der Waals surface area contributed by atoms with Crippen molar-refractivity contribution in [1.29, 1.82) is 0 Å². The number of carbonyl (C=O) groups is 1. The second-order valence-corrected chi connectivity index (χ2v) is 7.36. The van der Waals surface area contributed by atoms with Crippen molar-refractivity contribution in [1.82, 2.24) is 5.32 Å². The minimum absolute atomic E-state index is 0.451. The number of hydrogen-bond donors (Lipinski definition) is 1. The topological polar surface area (TPSA) is 50.7 Å². The Kier molecular flexibility index (Phi) is 6.23. The molecule has 2 aromatic rings. The number of aldehydes is 1. The Hall–Kier alpha value is -2.14. The number of fused-ring (bicyclic) bond motifs is 1. The molecule has 0 spiro atoms. The highest BCUT2D eigenvalue weighted by Crippen LogP contribution is 2.31. The minimum Gasteiger partial charge on any atom is -0.449 e. The van der Waals surface area contributed by atoms with Crippen LogP contribution in [0.15, 0.2) is 40.7 Å². The third-order valence-corrected chi connectivity index (χ3v) is 5.22. The van der Waals surface area contributed by atoms with Crippen molar-refractivity contribution in [2.45, 2.75) is 45.1 Å². The summed E-state index contributed by atoms with van der Waals surface area (Å²) in [5.41, 5.74) is 2.75. The van der Waals surface area contributed by atoms with E-state index in [9.17, 15) is 4.79 Å². The van der Waals surface area contributed by atoms with Crippen LogP contribution in [0.1, 0.15) is 47.8 Å². The lowest BCUT2D eigenvalue weighted by molar-refractivity contribution is -0.114. The second kappa shape index (κ2) is 8.81. The highest BCUT2D eigenvalue weighted by Gasteiger charge is 2.23. The van der Waals surface area contributed by atoms with E-state index in [2.05, 4.69) is 27.8 Å². The molecule has 3 rings (SSSR count). The van der Waals surface area contributed by atoms with E-state index in [1.54, 1.807) is 0 Å². The summed E-state index contributed by atoms with van der Waals surface area (Å²) in [6.07, 6.45) is 6.15. The van der Waals surface area contributed by atoms with E-state index in [0.29, 0.717) is 6.02 Å². The first-order valence-corrected chi connectivity index (χ1v) is 9.71. The molecule has 25 heavy (non-hydrogen) atoms. The van der Waals surface area contributed by atoms with Gasteiger partial charge in [-0.2, -0.15) is 4.99 Å². The summed E-state index contributed by atoms with van der Waals surface area (Å²) < 4.78 is 5.67. The van der Waals surface area contributed by atoms with Crippen LogP contribution in [0.4, 0.5) is 5.69 Å². The third-order valence-electron chi connectivity index (χ3n) is 4.28. The lowest BCUT2D eigenvalue weighted by Crippen LogP contribution is -2.31. The molecule has 0 saturated heterocycles. The summed E-state index contributed by atoms with van der Waals surface area (Å²) in [4.78, 5) is 17.3. The largest absolute Gasteiger partial charge is 0.449 e. The zero-order chi connectivity index (χ0) is 17.5. The Balaban J connectivity index is 1.41. The van der Waals surface area contributed by atoms with E-state index in [4.69, 9.17) is 4.74 Å². The number of benzene rings is 1. The van der Waals surface area contributed by atoms with Gasteiger partial charge in [0.1, 0.15) is 0 Å². The molecule has 0 bridgehead atoms. The van der Waals surface area contributed by atoms with Gasteiger partial charge in [0.15, 0.2) is 12.4 Å². The minimum atomic E-state index is -0.569. The molecule has 1 aliphatic rings. The van der Waals surface area contributed by atoms with Gasteiger partial charge in [-0.05, 0) is 49.8 Å². The number of nitrogens with one attached hydrogen (secondary N) is 1. The van der Waals surface area contributed by atoms with Crippen molar-refractivity contribution in [3.05, 3.63) is 51.7 Å². The quantitative estimate of drug-likeness (QED) is 0.550. The van der Waals surface area contributed by atoms with Crippen LogP contribution < -0.4 is 5.32 Å². The lowest BCUT2D eigenvalue weighted by Gasteiger charge is -2.23. The van der Waals surface area contributed by atoms with Gasteiger partial charge in [-0.3, -0.25) is 4.79 Å². The molecule has 1 atom stereocenters. The SMILES string of the molecule is Cc1ccc2c(c1)C(C=O)OC(NCCCCCCc1cccs1)=N2. The summed E-state index contributed by atoms with van der Waals surface area (Å²) >= 11 is 1.83. The molecule has 0 saturated carbocycles. The van der Waals surface area contributed by atoms with E-state index in [1.165, 1.54) is 30.6 Å². The van der Waals surface area contributed by atoms with Gasteiger partial charge in [0.2, 0.25) is 0 Å². The molecule has 4 nitrogen and oxygen atoms in total. The molecule has 1 aromatic carbocycles. The first kappa shape index (κ1) is 17.7. The van der Waals surface area contributed by atoms with Crippen molar-refractivity contribution < 1.29 is 9.53 Å². The van der Waals surface area contributed by atoms with Crippen LogP contribution in [0.25, 0.3) is 0 Å². The molecule has 0 radical (unpaired) electrons. The number of thiophene rings is 1. The van der Waals surface area contributed by atoms with Crippen LogP contribution in [0, 0.1) is 6.92 Å². The number of aryl methyl sites for hydroxylation is 2. The fourth-order valence-corrected chi connectivity index (χ4v) is 3.68. The van der Waals surface area contributed by atoms with Crippen molar-refractivity contribution >= 4 is 29.3 Å². The second-order valence-electron chi connectivity index (χ2n) is 6.32. The van der Waals surface area contributed by atoms with E-state index in [0.717, 1.165) is 36.1 Å². The maximum absolute atomic E-state index is 11.3. The molecule has 1 unspecified atom stereocenters. The zero-order valence-corrected chi connectivity index (χ0v) is 15.3. The maximum Gasteiger partial charge on any atom is 0.290 e. The molecule has 1 aliphatic heterocycles. The van der Waals surface area contributed by atoms with E-state index >= 15 is 0 Å². The van der Waals surface area contributed by atoms with Crippen LogP contribution in [0.2, 0.25) is 0 Å². The summed E-state index contributed by atoms with van der Waals surface area (Å²) in [5.74, 6) is 0. The van der Waals surface area contributed by atoms with Gasteiger partial charge < -0.3 is 10.1 Å². The Morgan fingerprint density at radius 2 is 2.12 bits per heavy atom. The van der Waals surface area contributed by atoms with Crippen molar-refractivity contribution in [3.8, 4) is 0 Å². The molecule has 0 fully saturated rings. The molecule has 2 heterocycles. The molecule has 132 valence electrons. The van der Waals surface area contributed by atoms with Crippen molar-refractivity contribution in [3.63, 3.8) is 0 Å². The van der Waals surface area contributed by atoms with Crippen LogP contribution >= 0.6 is 11.3 Å². The lowest BCUT2D eigenvalue weighted by atomic mass is 10.0. The summed E-state index contributed by atoms with van der Waals surface area (Å²) in [6, 6.07) is 10.7. The Bertz CT molecular complexity index is 725. The van der Waals surface area contributed by atoms with Crippen LogP contribution in [0.3, 0.4) is 0 Å². The average molecular weight is 356 g/mol. The summed E-state index contributed by atoms with van der Waals surface area (Å²) in [5, 5.41) is 5.35. The van der Waals surface area contributed by atoms with Crippen molar-refractivity contribution in [2.75, 3.05) is 6.54 Å².